The van der Waals surface area contributed by atoms with Crippen LogP contribution >= 0.6 is 11.6 Å². The fourth-order valence-electron chi connectivity index (χ4n) is 4.12. The van der Waals surface area contributed by atoms with Gasteiger partial charge in [-0.1, -0.05) is 17.7 Å². The van der Waals surface area contributed by atoms with Crippen LogP contribution in [0.5, 0.6) is 0 Å². The standard InChI is InChI=1S/C19H21ClN4O4/c20-10-1-2-11(9(5-10)7-25)15(26)13-6-14(17(28)16(13)27)24-4-3-12-18(21)22-8-23-19(12)24/h1-5,8,13-17,25-28H,6-7H2,(H2,21,22,23)/t13-,14-,15-,16-,17+/m1/s1. The van der Waals surface area contributed by atoms with Crippen LogP contribution in [0, 0.1) is 5.92 Å². The normalized spacial score (nSPS) is 26.0. The number of nitrogen functional groups attached to an aromatic ring is 1. The van der Waals surface area contributed by atoms with E-state index in [2.05, 4.69) is 9.97 Å². The Bertz CT molecular complexity index is 1010. The van der Waals surface area contributed by atoms with E-state index in [1.165, 1.54) is 6.33 Å². The maximum absolute atomic E-state index is 10.9. The monoisotopic (exact) mass is 404 g/mol. The first kappa shape index (κ1) is 19.1. The zero-order valence-corrected chi connectivity index (χ0v) is 15.6. The van der Waals surface area contributed by atoms with Gasteiger partial charge in [-0.3, -0.25) is 0 Å². The fourth-order valence-corrected chi connectivity index (χ4v) is 4.32. The Morgan fingerprint density at radius 3 is 2.75 bits per heavy atom. The van der Waals surface area contributed by atoms with Crippen LogP contribution in [-0.4, -0.2) is 47.2 Å². The number of fused-ring (bicyclic) bond motifs is 1. The zero-order valence-electron chi connectivity index (χ0n) is 14.9. The van der Waals surface area contributed by atoms with E-state index in [4.69, 9.17) is 17.3 Å². The highest BCUT2D eigenvalue weighted by Crippen LogP contribution is 2.44. The molecule has 0 radical (unpaired) electrons. The third kappa shape index (κ3) is 3.03. The van der Waals surface area contributed by atoms with E-state index in [1.54, 1.807) is 35.0 Å². The summed E-state index contributed by atoms with van der Waals surface area (Å²) >= 11 is 5.96. The van der Waals surface area contributed by atoms with E-state index in [0.717, 1.165) is 0 Å². The molecule has 2 heterocycles. The van der Waals surface area contributed by atoms with Gasteiger partial charge in [0, 0.05) is 17.1 Å². The van der Waals surface area contributed by atoms with E-state index in [-0.39, 0.29) is 6.61 Å². The summed E-state index contributed by atoms with van der Waals surface area (Å²) in [6.07, 6.45) is 0.0715. The highest BCUT2D eigenvalue weighted by atomic mass is 35.5. The van der Waals surface area contributed by atoms with Crippen LogP contribution in [0.1, 0.15) is 29.7 Å². The van der Waals surface area contributed by atoms with E-state index >= 15 is 0 Å². The van der Waals surface area contributed by atoms with Gasteiger partial charge in [0.05, 0.1) is 30.2 Å². The van der Waals surface area contributed by atoms with Gasteiger partial charge < -0.3 is 30.7 Å². The molecule has 2 aromatic heterocycles. The first-order valence-electron chi connectivity index (χ1n) is 8.92. The van der Waals surface area contributed by atoms with Gasteiger partial charge in [0.1, 0.15) is 23.9 Å². The second-order valence-electron chi connectivity index (χ2n) is 7.11. The molecule has 1 saturated carbocycles. The number of anilines is 1. The maximum Gasteiger partial charge on any atom is 0.145 e. The van der Waals surface area contributed by atoms with Gasteiger partial charge in [0.15, 0.2) is 0 Å². The maximum atomic E-state index is 10.9. The lowest BCUT2D eigenvalue weighted by molar-refractivity contribution is -0.0268. The van der Waals surface area contributed by atoms with E-state index in [9.17, 15) is 20.4 Å². The average Bonchev–Trinajstić information content (AvgIpc) is 3.24. The predicted molar refractivity (Wildman–Crippen MR) is 103 cm³/mol. The summed E-state index contributed by atoms with van der Waals surface area (Å²) < 4.78 is 1.75. The van der Waals surface area contributed by atoms with Crippen LogP contribution in [-0.2, 0) is 6.61 Å². The van der Waals surface area contributed by atoms with Crippen molar-refractivity contribution < 1.29 is 20.4 Å². The Hall–Kier alpha value is -2.23. The highest BCUT2D eigenvalue weighted by Gasteiger charge is 2.46. The number of halogens is 1. The van der Waals surface area contributed by atoms with Gasteiger partial charge >= 0.3 is 0 Å². The molecule has 5 atom stereocenters. The quantitative estimate of drug-likeness (QED) is 0.440. The molecule has 28 heavy (non-hydrogen) atoms. The second-order valence-corrected chi connectivity index (χ2v) is 7.55. The summed E-state index contributed by atoms with van der Waals surface area (Å²) in [5.74, 6) is -0.301. The minimum Gasteiger partial charge on any atom is -0.392 e. The first-order chi connectivity index (χ1) is 13.4. The third-order valence-corrected chi connectivity index (χ3v) is 5.83. The number of rotatable bonds is 4. The van der Waals surface area contributed by atoms with Crippen LogP contribution < -0.4 is 5.73 Å². The lowest BCUT2D eigenvalue weighted by atomic mass is 9.90. The highest BCUT2D eigenvalue weighted by molar-refractivity contribution is 6.30. The van der Waals surface area contributed by atoms with Crippen molar-refractivity contribution in [1.29, 1.82) is 0 Å². The van der Waals surface area contributed by atoms with Crippen molar-refractivity contribution in [3.8, 4) is 0 Å². The van der Waals surface area contributed by atoms with Gasteiger partial charge in [-0.25, -0.2) is 9.97 Å². The van der Waals surface area contributed by atoms with Crippen molar-refractivity contribution in [2.24, 2.45) is 5.92 Å². The molecule has 8 nitrogen and oxygen atoms in total. The molecule has 0 spiro atoms. The lowest BCUT2D eigenvalue weighted by Gasteiger charge is -2.24. The Kier molecular flexibility index (Phi) is 4.98. The molecule has 3 aromatic rings. The molecular formula is C19H21ClN4O4. The molecule has 1 aliphatic carbocycles. The minimum absolute atomic E-state index is 0.291. The van der Waals surface area contributed by atoms with Gasteiger partial charge in [0.25, 0.3) is 0 Å². The van der Waals surface area contributed by atoms with Crippen molar-refractivity contribution in [3.05, 3.63) is 52.9 Å². The molecule has 4 rings (SSSR count). The van der Waals surface area contributed by atoms with Gasteiger partial charge in [0.2, 0.25) is 0 Å². The Balaban J connectivity index is 1.67. The molecule has 0 saturated heterocycles. The lowest BCUT2D eigenvalue weighted by Crippen LogP contribution is -2.31. The number of aromatic nitrogens is 3. The Morgan fingerprint density at radius 1 is 1.21 bits per heavy atom. The molecule has 0 bridgehead atoms. The van der Waals surface area contributed by atoms with E-state index in [0.29, 0.717) is 39.4 Å². The molecule has 0 aliphatic heterocycles. The van der Waals surface area contributed by atoms with Crippen molar-refractivity contribution in [2.45, 2.75) is 37.4 Å². The molecule has 1 aliphatic rings. The van der Waals surface area contributed by atoms with E-state index < -0.39 is 30.3 Å². The molecule has 9 heteroatoms. The number of nitrogens with two attached hydrogens (primary N) is 1. The summed E-state index contributed by atoms with van der Waals surface area (Å²) in [6.45, 7) is -0.291. The topological polar surface area (TPSA) is 138 Å². The second kappa shape index (κ2) is 7.31. The fraction of sp³-hybridized carbons (Fsp3) is 0.368. The first-order valence-corrected chi connectivity index (χ1v) is 9.30. The van der Waals surface area contributed by atoms with Gasteiger partial charge in [-0.05, 0) is 35.7 Å². The number of hydrogen-bond acceptors (Lipinski definition) is 7. The average molecular weight is 405 g/mol. The molecule has 6 N–H and O–H groups in total. The number of aliphatic hydroxyl groups is 4. The van der Waals surface area contributed by atoms with Crippen molar-refractivity contribution in [1.82, 2.24) is 14.5 Å². The predicted octanol–water partition coefficient (Wildman–Crippen LogP) is 1.18. The van der Waals surface area contributed by atoms with Crippen LogP contribution in [0.2, 0.25) is 5.02 Å². The number of benzene rings is 1. The smallest absolute Gasteiger partial charge is 0.145 e. The number of hydrogen-bond donors (Lipinski definition) is 5. The van der Waals surface area contributed by atoms with Crippen LogP contribution in [0.25, 0.3) is 11.0 Å². The van der Waals surface area contributed by atoms with E-state index in [1.807, 2.05) is 0 Å². The Labute approximate surface area is 165 Å². The van der Waals surface area contributed by atoms with Gasteiger partial charge in [-0.15, -0.1) is 0 Å². The van der Waals surface area contributed by atoms with Crippen molar-refractivity contribution in [2.75, 3.05) is 5.73 Å². The summed E-state index contributed by atoms with van der Waals surface area (Å²) in [7, 11) is 0. The Morgan fingerprint density at radius 2 is 2.00 bits per heavy atom. The number of nitrogens with zero attached hydrogens (tertiary/aromatic N) is 3. The molecule has 0 unspecified atom stereocenters. The molecule has 0 amide bonds. The largest absolute Gasteiger partial charge is 0.392 e. The van der Waals surface area contributed by atoms with Crippen LogP contribution in [0.3, 0.4) is 0 Å². The summed E-state index contributed by atoms with van der Waals surface area (Å²) in [6, 6.07) is 6.09. The molecule has 1 fully saturated rings. The SMILES string of the molecule is Nc1ncnc2c1ccn2[C@@H]1C[C@H]([C@H](O)c2ccc(Cl)cc2CO)[C@@H](O)[C@H]1O. The number of aliphatic hydroxyl groups excluding tert-OH is 4. The van der Waals surface area contributed by atoms with Crippen molar-refractivity contribution >= 4 is 28.5 Å². The summed E-state index contributed by atoms with van der Waals surface area (Å²) in [4.78, 5) is 8.20. The summed E-state index contributed by atoms with van der Waals surface area (Å²) in [5, 5.41) is 42.9. The molecule has 148 valence electrons. The third-order valence-electron chi connectivity index (χ3n) is 5.59. The van der Waals surface area contributed by atoms with Crippen LogP contribution in [0.15, 0.2) is 36.8 Å². The minimum atomic E-state index is -1.15. The zero-order chi connectivity index (χ0) is 20.0. The van der Waals surface area contributed by atoms with Crippen LogP contribution in [0.4, 0.5) is 5.82 Å². The van der Waals surface area contributed by atoms with Crippen molar-refractivity contribution in [3.63, 3.8) is 0 Å². The van der Waals surface area contributed by atoms with Gasteiger partial charge in [-0.2, -0.15) is 0 Å². The molecule has 1 aromatic carbocycles. The summed E-state index contributed by atoms with van der Waals surface area (Å²) in [5.41, 5.74) is 7.39. The molecular weight excluding hydrogens is 384 g/mol.